The average molecular weight is 203 g/mol. The first-order valence-electron chi connectivity index (χ1n) is 4.70. The summed E-state index contributed by atoms with van der Waals surface area (Å²) in [5.74, 6) is -0.585. The van der Waals surface area contributed by atoms with Crippen LogP contribution in [0.25, 0.3) is 0 Å². The topological polar surface area (TPSA) is 104 Å². The number of carbonyl (C=O) groups excluding carboxylic acids is 1. The monoisotopic (exact) mass is 203 g/mol. The molecule has 0 aliphatic rings. The molecule has 84 valence electrons. The maximum Gasteiger partial charge on any atom is 0.341 e. The Hall–Kier alpha value is -0.650. The molecule has 0 aromatic rings. The molecule has 0 amide bonds. The Labute approximate surface area is 85.0 Å². The number of esters is 1. The lowest BCUT2D eigenvalue weighted by molar-refractivity contribution is -0.161. The van der Waals surface area contributed by atoms with Crippen molar-refractivity contribution >= 4 is 5.97 Å². The Bertz CT molecular complexity index is 197. The van der Waals surface area contributed by atoms with Crippen molar-refractivity contribution in [3.05, 3.63) is 0 Å². The molecular weight excluding hydrogens is 182 g/mol. The molecule has 0 unspecified atom stereocenters. The molecule has 0 aromatic carbocycles. The van der Waals surface area contributed by atoms with Gasteiger partial charge in [0.1, 0.15) is 5.60 Å². The van der Waals surface area contributed by atoms with Crippen molar-refractivity contribution in [1.29, 1.82) is 0 Å². The normalized spacial score (nSPS) is 12.7. The molecule has 0 heterocycles. The van der Waals surface area contributed by atoms with Gasteiger partial charge in [-0.05, 0) is 40.2 Å². The van der Waals surface area contributed by atoms with Crippen molar-refractivity contribution in [2.75, 3.05) is 6.54 Å². The molecule has 0 atom stereocenters. The van der Waals surface area contributed by atoms with Gasteiger partial charge < -0.3 is 21.9 Å². The second-order valence-electron chi connectivity index (χ2n) is 4.43. The molecule has 5 nitrogen and oxygen atoms in total. The van der Waals surface area contributed by atoms with E-state index in [-0.39, 0.29) is 0 Å². The van der Waals surface area contributed by atoms with Gasteiger partial charge in [-0.3, -0.25) is 0 Å². The summed E-state index contributed by atoms with van der Waals surface area (Å²) in [7, 11) is 0. The molecule has 0 aromatic heterocycles. The third-order valence-electron chi connectivity index (χ3n) is 1.57. The van der Waals surface area contributed by atoms with Crippen LogP contribution in [0.1, 0.15) is 33.6 Å². The molecule has 0 rings (SSSR count). The molecule has 5 heteroatoms. The molecule has 14 heavy (non-hydrogen) atoms. The summed E-state index contributed by atoms with van der Waals surface area (Å²) in [5, 5.41) is 0. The molecule has 0 radical (unpaired) electrons. The fourth-order valence-corrected chi connectivity index (χ4v) is 0.870. The van der Waals surface area contributed by atoms with Crippen LogP contribution >= 0.6 is 0 Å². The lowest BCUT2D eigenvalue weighted by Gasteiger charge is -2.27. The van der Waals surface area contributed by atoms with Crippen LogP contribution in [0, 0.1) is 0 Å². The van der Waals surface area contributed by atoms with Crippen LogP contribution in [0.5, 0.6) is 0 Å². The van der Waals surface area contributed by atoms with E-state index in [0.717, 1.165) is 0 Å². The van der Waals surface area contributed by atoms with E-state index in [1.807, 2.05) is 0 Å². The highest BCUT2D eigenvalue weighted by Crippen LogP contribution is 2.12. The predicted molar refractivity (Wildman–Crippen MR) is 55.2 cm³/mol. The van der Waals surface area contributed by atoms with Gasteiger partial charge in [-0.25, -0.2) is 4.79 Å². The summed E-state index contributed by atoms with van der Waals surface area (Å²) in [6, 6.07) is 0. The first-order chi connectivity index (χ1) is 6.19. The highest BCUT2D eigenvalue weighted by Gasteiger charge is 2.33. The van der Waals surface area contributed by atoms with Crippen LogP contribution in [0.3, 0.4) is 0 Å². The van der Waals surface area contributed by atoms with Crippen LogP contribution in [0.4, 0.5) is 0 Å². The summed E-state index contributed by atoms with van der Waals surface area (Å²) >= 11 is 0. The highest BCUT2D eigenvalue weighted by atomic mass is 16.6. The van der Waals surface area contributed by atoms with Crippen LogP contribution in [-0.4, -0.2) is 23.8 Å². The van der Waals surface area contributed by atoms with Gasteiger partial charge in [0, 0.05) is 0 Å². The highest BCUT2D eigenvalue weighted by molar-refractivity contribution is 5.79. The standard InChI is InChI=1S/C9H21N3O2/c1-8(2,3)14-7(13)9(11,12)5-4-6-10/h4-6,10-12H2,1-3H3. The van der Waals surface area contributed by atoms with Crippen molar-refractivity contribution in [2.24, 2.45) is 17.2 Å². The van der Waals surface area contributed by atoms with Gasteiger partial charge in [0.15, 0.2) is 5.66 Å². The van der Waals surface area contributed by atoms with Crippen LogP contribution in [-0.2, 0) is 9.53 Å². The minimum Gasteiger partial charge on any atom is -0.458 e. The number of hydrogen-bond acceptors (Lipinski definition) is 5. The molecule has 0 saturated carbocycles. The SMILES string of the molecule is CC(C)(C)OC(=O)C(N)(N)CCCN. The average Bonchev–Trinajstić information content (AvgIpc) is 1.97. The minimum atomic E-state index is -1.42. The smallest absolute Gasteiger partial charge is 0.341 e. The van der Waals surface area contributed by atoms with Gasteiger partial charge in [-0.2, -0.15) is 0 Å². The third kappa shape index (κ3) is 5.16. The summed E-state index contributed by atoms with van der Waals surface area (Å²) < 4.78 is 5.07. The summed E-state index contributed by atoms with van der Waals surface area (Å²) in [4.78, 5) is 11.5. The van der Waals surface area contributed by atoms with Gasteiger partial charge in [0.25, 0.3) is 0 Å². The van der Waals surface area contributed by atoms with E-state index in [1.54, 1.807) is 20.8 Å². The quantitative estimate of drug-likeness (QED) is 0.429. The van der Waals surface area contributed by atoms with Crippen molar-refractivity contribution in [1.82, 2.24) is 0 Å². The largest absolute Gasteiger partial charge is 0.458 e. The first kappa shape index (κ1) is 13.4. The van der Waals surface area contributed by atoms with Crippen molar-refractivity contribution in [2.45, 2.75) is 44.9 Å². The Morgan fingerprint density at radius 3 is 2.14 bits per heavy atom. The number of hydrogen-bond donors (Lipinski definition) is 3. The second kappa shape index (κ2) is 4.72. The Kier molecular flexibility index (Phi) is 4.51. The summed E-state index contributed by atoms with van der Waals surface area (Å²) in [6.07, 6.45) is 0.935. The molecular formula is C9H21N3O2. The minimum absolute atomic E-state index is 0.332. The second-order valence-corrected chi connectivity index (χ2v) is 4.43. The fraction of sp³-hybridized carbons (Fsp3) is 0.889. The van der Waals surface area contributed by atoms with E-state index in [1.165, 1.54) is 0 Å². The fourth-order valence-electron chi connectivity index (χ4n) is 0.870. The molecule has 0 aliphatic heterocycles. The predicted octanol–water partition coefficient (Wildman–Crippen LogP) is -0.319. The van der Waals surface area contributed by atoms with Gasteiger partial charge in [-0.1, -0.05) is 0 Å². The molecule has 0 spiro atoms. The number of carbonyl (C=O) groups is 1. The van der Waals surface area contributed by atoms with Gasteiger partial charge in [0.05, 0.1) is 0 Å². The Morgan fingerprint density at radius 1 is 1.29 bits per heavy atom. The van der Waals surface area contributed by atoms with Crippen molar-refractivity contribution < 1.29 is 9.53 Å². The number of rotatable bonds is 4. The van der Waals surface area contributed by atoms with E-state index in [9.17, 15) is 4.79 Å². The van der Waals surface area contributed by atoms with E-state index in [2.05, 4.69) is 0 Å². The van der Waals surface area contributed by atoms with Gasteiger partial charge in [-0.15, -0.1) is 0 Å². The van der Waals surface area contributed by atoms with E-state index >= 15 is 0 Å². The first-order valence-corrected chi connectivity index (χ1v) is 4.70. The molecule has 6 N–H and O–H groups in total. The van der Waals surface area contributed by atoms with Gasteiger partial charge in [0.2, 0.25) is 0 Å². The summed E-state index contributed by atoms with van der Waals surface area (Å²) in [5.41, 5.74) is 14.5. The molecule has 0 fully saturated rings. The van der Waals surface area contributed by atoms with Crippen LogP contribution in [0.2, 0.25) is 0 Å². The zero-order chi connectivity index (χ0) is 11.4. The summed E-state index contributed by atoms with van der Waals surface area (Å²) in [6.45, 7) is 5.76. The molecule has 0 aliphatic carbocycles. The molecule has 0 saturated heterocycles. The van der Waals surface area contributed by atoms with E-state index < -0.39 is 17.2 Å². The number of nitrogens with two attached hydrogens (primary N) is 3. The van der Waals surface area contributed by atoms with Crippen molar-refractivity contribution in [3.8, 4) is 0 Å². The molecule has 0 bridgehead atoms. The Morgan fingerprint density at radius 2 is 1.79 bits per heavy atom. The lowest BCUT2D eigenvalue weighted by Crippen LogP contribution is -2.58. The van der Waals surface area contributed by atoms with E-state index in [0.29, 0.717) is 19.4 Å². The van der Waals surface area contributed by atoms with E-state index in [4.69, 9.17) is 21.9 Å². The number of ether oxygens (including phenoxy) is 1. The van der Waals surface area contributed by atoms with Gasteiger partial charge >= 0.3 is 5.97 Å². The van der Waals surface area contributed by atoms with Crippen LogP contribution in [0.15, 0.2) is 0 Å². The van der Waals surface area contributed by atoms with Crippen molar-refractivity contribution in [3.63, 3.8) is 0 Å². The Balaban J connectivity index is 4.21. The lowest BCUT2D eigenvalue weighted by atomic mass is 10.1. The third-order valence-corrected chi connectivity index (χ3v) is 1.57. The maximum atomic E-state index is 11.5. The maximum absolute atomic E-state index is 11.5. The zero-order valence-electron chi connectivity index (χ0n) is 9.17. The van der Waals surface area contributed by atoms with Crippen LogP contribution < -0.4 is 17.2 Å². The zero-order valence-corrected chi connectivity index (χ0v) is 9.17.